The molecule has 1 fully saturated rings. The second kappa shape index (κ2) is 5.44. The standard InChI is InChI=1S/C15H19N3O3/c16-12-4-1-3-10(12)9-15(19)17-8-7-11-13(17)5-2-6-14(11)18(20)21/h2,5-6,10,12H,1,3-4,7-9,16H2/t10-,12+/m0/s1. The molecule has 0 spiro atoms. The van der Waals surface area contributed by atoms with Crippen molar-refractivity contribution in [1.82, 2.24) is 0 Å². The van der Waals surface area contributed by atoms with Crippen molar-refractivity contribution in [2.45, 2.75) is 38.1 Å². The fraction of sp³-hybridized carbons (Fsp3) is 0.533. The maximum absolute atomic E-state index is 12.5. The van der Waals surface area contributed by atoms with Crippen LogP contribution in [0.15, 0.2) is 18.2 Å². The van der Waals surface area contributed by atoms with E-state index in [4.69, 9.17) is 5.73 Å². The topological polar surface area (TPSA) is 89.5 Å². The van der Waals surface area contributed by atoms with Gasteiger partial charge in [0.1, 0.15) is 0 Å². The van der Waals surface area contributed by atoms with Crippen molar-refractivity contribution in [3.63, 3.8) is 0 Å². The van der Waals surface area contributed by atoms with Gasteiger partial charge in [0, 0.05) is 25.1 Å². The summed E-state index contributed by atoms with van der Waals surface area (Å²) in [5, 5.41) is 11.0. The third-order valence-corrected chi connectivity index (χ3v) is 4.66. The molecule has 2 aliphatic rings. The molecule has 1 aliphatic carbocycles. The summed E-state index contributed by atoms with van der Waals surface area (Å²) in [4.78, 5) is 24.8. The van der Waals surface area contributed by atoms with Crippen LogP contribution in [0.2, 0.25) is 0 Å². The van der Waals surface area contributed by atoms with E-state index in [0.717, 1.165) is 19.3 Å². The van der Waals surface area contributed by atoms with Crippen LogP contribution in [0.4, 0.5) is 11.4 Å². The normalized spacial score (nSPS) is 24.1. The molecule has 112 valence electrons. The van der Waals surface area contributed by atoms with E-state index >= 15 is 0 Å². The number of hydrogen-bond donors (Lipinski definition) is 1. The van der Waals surface area contributed by atoms with Gasteiger partial charge in [0.2, 0.25) is 5.91 Å². The molecule has 1 heterocycles. The lowest BCUT2D eigenvalue weighted by molar-refractivity contribution is -0.385. The van der Waals surface area contributed by atoms with Gasteiger partial charge in [-0.1, -0.05) is 12.5 Å². The molecule has 3 rings (SSSR count). The van der Waals surface area contributed by atoms with Gasteiger partial charge >= 0.3 is 0 Å². The first kappa shape index (κ1) is 14.0. The van der Waals surface area contributed by atoms with Crippen molar-refractivity contribution in [2.24, 2.45) is 11.7 Å². The zero-order valence-corrected chi connectivity index (χ0v) is 11.8. The number of benzene rings is 1. The summed E-state index contributed by atoms with van der Waals surface area (Å²) >= 11 is 0. The molecule has 6 nitrogen and oxygen atoms in total. The number of amides is 1. The van der Waals surface area contributed by atoms with Crippen LogP contribution in [0.5, 0.6) is 0 Å². The monoisotopic (exact) mass is 289 g/mol. The predicted octanol–water partition coefficient (Wildman–Crippen LogP) is 2.00. The van der Waals surface area contributed by atoms with Gasteiger partial charge in [-0.05, 0) is 31.2 Å². The van der Waals surface area contributed by atoms with Crippen LogP contribution in [0, 0.1) is 16.0 Å². The molecule has 0 aromatic heterocycles. The molecule has 21 heavy (non-hydrogen) atoms. The minimum absolute atomic E-state index is 0.0385. The van der Waals surface area contributed by atoms with E-state index in [-0.39, 0.29) is 28.5 Å². The Labute approximate surface area is 123 Å². The first-order valence-electron chi connectivity index (χ1n) is 7.40. The van der Waals surface area contributed by atoms with Crippen molar-refractivity contribution < 1.29 is 9.72 Å². The van der Waals surface area contributed by atoms with Crippen LogP contribution in [-0.4, -0.2) is 23.4 Å². The van der Waals surface area contributed by atoms with Crippen molar-refractivity contribution in [3.05, 3.63) is 33.9 Å². The Kier molecular flexibility index (Phi) is 3.63. The molecule has 0 radical (unpaired) electrons. The van der Waals surface area contributed by atoms with E-state index in [2.05, 4.69) is 0 Å². The predicted molar refractivity (Wildman–Crippen MR) is 79.1 cm³/mol. The molecule has 1 amide bonds. The number of carbonyl (C=O) groups excluding carboxylic acids is 1. The SMILES string of the molecule is N[C@@H]1CCC[C@H]1CC(=O)N1CCc2c1cccc2[N+](=O)[O-]. The Hall–Kier alpha value is -1.95. The van der Waals surface area contributed by atoms with Crippen molar-refractivity contribution in [1.29, 1.82) is 0 Å². The van der Waals surface area contributed by atoms with Gasteiger partial charge in [0.15, 0.2) is 0 Å². The van der Waals surface area contributed by atoms with Gasteiger partial charge in [-0.25, -0.2) is 0 Å². The highest BCUT2D eigenvalue weighted by molar-refractivity contribution is 5.96. The fourth-order valence-electron chi connectivity index (χ4n) is 3.50. The summed E-state index contributed by atoms with van der Waals surface area (Å²) in [5.41, 5.74) is 7.50. The van der Waals surface area contributed by atoms with Gasteiger partial charge in [-0.2, -0.15) is 0 Å². The molecule has 0 unspecified atom stereocenters. The number of nitrogens with two attached hydrogens (primary N) is 1. The Bertz CT molecular complexity index is 588. The average Bonchev–Trinajstić information content (AvgIpc) is 3.05. The smallest absolute Gasteiger partial charge is 0.274 e. The first-order valence-corrected chi connectivity index (χ1v) is 7.40. The summed E-state index contributed by atoms with van der Waals surface area (Å²) in [6, 6.07) is 5.05. The number of carbonyl (C=O) groups is 1. The van der Waals surface area contributed by atoms with Crippen LogP contribution in [0.1, 0.15) is 31.2 Å². The highest BCUT2D eigenvalue weighted by atomic mass is 16.6. The molecule has 2 atom stereocenters. The van der Waals surface area contributed by atoms with Crippen molar-refractivity contribution in [2.75, 3.05) is 11.4 Å². The summed E-state index contributed by atoms with van der Waals surface area (Å²) in [6.45, 7) is 0.529. The van der Waals surface area contributed by atoms with Crippen molar-refractivity contribution >= 4 is 17.3 Å². The fourth-order valence-corrected chi connectivity index (χ4v) is 3.50. The molecule has 0 saturated heterocycles. The van der Waals surface area contributed by atoms with Crippen LogP contribution in [0.3, 0.4) is 0 Å². The van der Waals surface area contributed by atoms with E-state index in [0.29, 0.717) is 30.6 Å². The lowest BCUT2D eigenvalue weighted by Gasteiger charge is -2.21. The van der Waals surface area contributed by atoms with Gasteiger partial charge in [0.25, 0.3) is 5.69 Å². The largest absolute Gasteiger partial charge is 0.327 e. The Balaban J connectivity index is 1.79. The average molecular weight is 289 g/mol. The van der Waals surface area contributed by atoms with Crippen LogP contribution in [-0.2, 0) is 11.2 Å². The Morgan fingerprint density at radius 3 is 2.90 bits per heavy atom. The van der Waals surface area contributed by atoms with E-state index in [1.165, 1.54) is 6.07 Å². The van der Waals surface area contributed by atoms with E-state index < -0.39 is 0 Å². The van der Waals surface area contributed by atoms with E-state index in [1.54, 1.807) is 17.0 Å². The Morgan fingerprint density at radius 2 is 2.24 bits per heavy atom. The van der Waals surface area contributed by atoms with Gasteiger partial charge in [-0.15, -0.1) is 0 Å². The maximum atomic E-state index is 12.5. The summed E-state index contributed by atoms with van der Waals surface area (Å²) in [5.74, 6) is 0.289. The molecule has 1 aromatic rings. The zero-order chi connectivity index (χ0) is 15.0. The molecule has 1 aliphatic heterocycles. The molecular weight excluding hydrogens is 270 g/mol. The third-order valence-electron chi connectivity index (χ3n) is 4.66. The van der Waals surface area contributed by atoms with E-state index in [1.807, 2.05) is 0 Å². The number of nitro groups is 1. The number of hydrogen-bond acceptors (Lipinski definition) is 4. The molecule has 6 heteroatoms. The van der Waals surface area contributed by atoms with Crippen molar-refractivity contribution in [3.8, 4) is 0 Å². The van der Waals surface area contributed by atoms with Crippen LogP contribution in [0.25, 0.3) is 0 Å². The number of anilines is 1. The second-order valence-electron chi connectivity index (χ2n) is 5.89. The maximum Gasteiger partial charge on any atom is 0.274 e. The third kappa shape index (κ3) is 2.51. The lowest BCUT2D eigenvalue weighted by atomic mass is 9.99. The molecular formula is C15H19N3O3. The highest BCUT2D eigenvalue weighted by Crippen LogP contribution is 2.36. The summed E-state index contributed by atoms with van der Waals surface area (Å²) in [7, 11) is 0. The number of nitro benzene ring substituents is 1. The van der Waals surface area contributed by atoms with Crippen LogP contribution < -0.4 is 10.6 Å². The summed E-state index contributed by atoms with van der Waals surface area (Å²) in [6.07, 6.45) is 4.07. The van der Waals surface area contributed by atoms with Crippen LogP contribution >= 0.6 is 0 Å². The van der Waals surface area contributed by atoms with E-state index in [9.17, 15) is 14.9 Å². The number of nitrogens with zero attached hydrogens (tertiary/aromatic N) is 2. The molecule has 2 N–H and O–H groups in total. The molecule has 1 saturated carbocycles. The summed E-state index contributed by atoms with van der Waals surface area (Å²) < 4.78 is 0. The molecule has 1 aromatic carbocycles. The zero-order valence-electron chi connectivity index (χ0n) is 11.8. The minimum atomic E-state index is -0.375. The second-order valence-corrected chi connectivity index (χ2v) is 5.89. The molecule has 0 bridgehead atoms. The first-order chi connectivity index (χ1) is 10.1. The highest BCUT2D eigenvalue weighted by Gasteiger charge is 2.33. The van der Waals surface area contributed by atoms with Gasteiger partial charge < -0.3 is 10.6 Å². The Morgan fingerprint density at radius 1 is 1.43 bits per heavy atom. The minimum Gasteiger partial charge on any atom is -0.327 e. The quantitative estimate of drug-likeness (QED) is 0.680. The van der Waals surface area contributed by atoms with Gasteiger partial charge in [0.05, 0.1) is 16.2 Å². The lowest BCUT2D eigenvalue weighted by Crippen LogP contribution is -2.34. The number of rotatable bonds is 3. The van der Waals surface area contributed by atoms with Gasteiger partial charge in [-0.3, -0.25) is 14.9 Å². The number of fused-ring (bicyclic) bond motifs is 1.